The van der Waals surface area contributed by atoms with E-state index < -0.39 is 24.6 Å². The Kier molecular flexibility index (Phi) is 6.35. The molecule has 0 aliphatic heterocycles. The van der Waals surface area contributed by atoms with Crippen LogP contribution in [-0.4, -0.2) is 55.0 Å². The van der Waals surface area contributed by atoms with E-state index in [0.29, 0.717) is 6.61 Å². The molecular weight excluding hydrogens is 227 g/mol. The Hall–Kier alpha value is -0.820. The molecule has 1 N–H and O–H groups in total. The van der Waals surface area contributed by atoms with Crippen molar-refractivity contribution in [2.45, 2.75) is 25.6 Å². The molecule has 96 valence electrons. The van der Waals surface area contributed by atoms with Crippen molar-refractivity contribution in [3.8, 4) is 0 Å². The average Bonchev–Trinajstić information content (AvgIpc) is 2.12. The van der Waals surface area contributed by atoms with Gasteiger partial charge < -0.3 is 9.84 Å². The maximum Gasteiger partial charge on any atom is 0.404 e. The number of hydrogen-bond acceptors (Lipinski definition) is 3. The van der Waals surface area contributed by atoms with Gasteiger partial charge in [-0.25, -0.2) is 0 Å². The van der Waals surface area contributed by atoms with Crippen molar-refractivity contribution in [1.29, 1.82) is 0 Å². The quantitative estimate of drug-likeness (QED) is 0.686. The normalized spacial score (nSPS) is 14.1. The largest absolute Gasteiger partial charge is 0.481 e. The molecule has 0 radical (unpaired) electrons. The second-order valence-electron chi connectivity index (χ2n) is 3.33. The van der Waals surface area contributed by atoms with Gasteiger partial charge in [0.15, 0.2) is 0 Å². The molecular formula is C9H16F3NO3. The van der Waals surface area contributed by atoms with Crippen LogP contribution in [0, 0.1) is 0 Å². The molecule has 0 spiro atoms. The monoisotopic (exact) mass is 243 g/mol. The summed E-state index contributed by atoms with van der Waals surface area (Å²) in [6, 6.07) is -1.97. The van der Waals surface area contributed by atoms with Gasteiger partial charge >= 0.3 is 12.1 Å². The van der Waals surface area contributed by atoms with Crippen LogP contribution in [0.15, 0.2) is 0 Å². The molecule has 0 bridgehead atoms. The van der Waals surface area contributed by atoms with E-state index in [1.54, 1.807) is 6.92 Å². The smallest absolute Gasteiger partial charge is 0.404 e. The third-order valence-electron chi connectivity index (χ3n) is 2.07. The van der Waals surface area contributed by atoms with E-state index in [4.69, 9.17) is 9.84 Å². The summed E-state index contributed by atoms with van der Waals surface area (Å²) in [4.78, 5) is 11.3. The number of rotatable bonds is 7. The lowest BCUT2D eigenvalue weighted by Gasteiger charge is -2.28. The van der Waals surface area contributed by atoms with Crippen LogP contribution in [0.4, 0.5) is 13.2 Å². The molecule has 0 heterocycles. The van der Waals surface area contributed by atoms with Gasteiger partial charge in [-0.15, -0.1) is 0 Å². The molecule has 0 aromatic carbocycles. The summed E-state index contributed by atoms with van der Waals surface area (Å²) in [6.45, 7) is 2.35. The number of nitrogens with zero attached hydrogens (tertiary/aromatic N) is 1. The van der Waals surface area contributed by atoms with Crippen LogP contribution < -0.4 is 0 Å². The van der Waals surface area contributed by atoms with Gasteiger partial charge in [0, 0.05) is 13.2 Å². The van der Waals surface area contributed by atoms with Crippen molar-refractivity contribution in [2.75, 3.05) is 26.8 Å². The first kappa shape index (κ1) is 15.2. The maximum atomic E-state index is 12.5. The molecule has 0 amide bonds. The van der Waals surface area contributed by atoms with Crippen LogP contribution in [0.5, 0.6) is 0 Å². The Labute approximate surface area is 92.0 Å². The van der Waals surface area contributed by atoms with Gasteiger partial charge in [-0.3, -0.25) is 9.69 Å². The summed E-state index contributed by atoms with van der Waals surface area (Å²) >= 11 is 0. The highest BCUT2D eigenvalue weighted by atomic mass is 19.4. The molecule has 0 aliphatic rings. The van der Waals surface area contributed by atoms with Crippen LogP contribution in [0.2, 0.25) is 0 Å². The molecule has 0 aromatic heterocycles. The fourth-order valence-corrected chi connectivity index (χ4v) is 1.20. The van der Waals surface area contributed by atoms with Gasteiger partial charge in [0.25, 0.3) is 0 Å². The number of carbonyl (C=O) groups is 1. The first-order chi connectivity index (χ1) is 7.29. The Balaban J connectivity index is 4.33. The number of aliphatic carboxylic acids is 1. The molecule has 16 heavy (non-hydrogen) atoms. The number of hydrogen-bond donors (Lipinski definition) is 1. The van der Waals surface area contributed by atoms with Gasteiger partial charge in [-0.05, 0) is 14.0 Å². The van der Waals surface area contributed by atoms with E-state index in [1.165, 1.54) is 7.05 Å². The Morgan fingerprint density at radius 1 is 1.50 bits per heavy atom. The van der Waals surface area contributed by atoms with Crippen molar-refractivity contribution < 1.29 is 27.8 Å². The fraction of sp³-hybridized carbons (Fsp3) is 0.889. The summed E-state index contributed by atoms with van der Waals surface area (Å²) < 4.78 is 42.4. The number of halogens is 3. The third-order valence-corrected chi connectivity index (χ3v) is 2.07. The molecule has 0 fully saturated rings. The van der Waals surface area contributed by atoms with Crippen molar-refractivity contribution in [3.05, 3.63) is 0 Å². The zero-order chi connectivity index (χ0) is 12.8. The zero-order valence-corrected chi connectivity index (χ0v) is 9.25. The number of carboxylic acids is 1. The molecule has 4 nitrogen and oxygen atoms in total. The van der Waals surface area contributed by atoms with Crippen molar-refractivity contribution >= 4 is 5.97 Å². The molecule has 0 saturated heterocycles. The van der Waals surface area contributed by atoms with E-state index in [1.807, 2.05) is 0 Å². The predicted molar refractivity (Wildman–Crippen MR) is 51.2 cm³/mol. The van der Waals surface area contributed by atoms with Crippen LogP contribution in [0.3, 0.4) is 0 Å². The van der Waals surface area contributed by atoms with Crippen LogP contribution >= 0.6 is 0 Å². The Morgan fingerprint density at radius 3 is 2.44 bits per heavy atom. The number of likely N-dealkylation sites (N-methyl/N-ethyl adjacent to an activating group) is 1. The lowest BCUT2D eigenvalue weighted by molar-refractivity contribution is -0.188. The highest BCUT2D eigenvalue weighted by Crippen LogP contribution is 2.26. The van der Waals surface area contributed by atoms with E-state index in [9.17, 15) is 18.0 Å². The van der Waals surface area contributed by atoms with Crippen molar-refractivity contribution in [2.24, 2.45) is 0 Å². The molecule has 7 heteroatoms. The average molecular weight is 243 g/mol. The highest BCUT2D eigenvalue weighted by molar-refractivity contribution is 5.67. The minimum absolute atomic E-state index is 0.0469. The lowest BCUT2D eigenvalue weighted by Crippen LogP contribution is -2.46. The first-order valence-electron chi connectivity index (χ1n) is 4.85. The molecule has 1 unspecified atom stereocenters. The topological polar surface area (TPSA) is 49.8 Å². The fourth-order valence-electron chi connectivity index (χ4n) is 1.20. The minimum atomic E-state index is -4.54. The molecule has 0 aromatic rings. The summed E-state index contributed by atoms with van der Waals surface area (Å²) in [5.74, 6) is -1.47. The standard InChI is InChI=1S/C9H16F3NO3/c1-3-16-5-4-13(2)7(6-8(14)15)9(10,11)12/h7H,3-6H2,1-2H3,(H,14,15). The summed E-state index contributed by atoms with van der Waals surface area (Å²) in [5.41, 5.74) is 0. The number of ether oxygens (including phenoxy) is 1. The van der Waals surface area contributed by atoms with E-state index in [2.05, 4.69) is 0 Å². The van der Waals surface area contributed by atoms with Crippen LogP contribution in [0.1, 0.15) is 13.3 Å². The summed E-state index contributed by atoms with van der Waals surface area (Å²) in [6.07, 6.45) is -5.49. The number of alkyl halides is 3. The third kappa shape index (κ3) is 5.92. The Morgan fingerprint density at radius 2 is 2.06 bits per heavy atom. The molecule has 0 saturated carbocycles. The second kappa shape index (κ2) is 6.70. The van der Waals surface area contributed by atoms with Crippen LogP contribution in [-0.2, 0) is 9.53 Å². The zero-order valence-electron chi connectivity index (χ0n) is 9.25. The van der Waals surface area contributed by atoms with Gasteiger partial charge in [0.1, 0.15) is 6.04 Å². The molecule has 0 rings (SSSR count). The minimum Gasteiger partial charge on any atom is -0.481 e. The van der Waals surface area contributed by atoms with Crippen molar-refractivity contribution in [1.82, 2.24) is 4.90 Å². The second-order valence-corrected chi connectivity index (χ2v) is 3.33. The molecule has 0 aliphatic carbocycles. The lowest BCUT2D eigenvalue weighted by atomic mass is 10.2. The van der Waals surface area contributed by atoms with Gasteiger partial charge in [0.2, 0.25) is 0 Å². The first-order valence-corrected chi connectivity index (χ1v) is 4.85. The molecule has 1 atom stereocenters. The van der Waals surface area contributed by atoms with E-state index in [-0.39, 0.29) is 13.2 Å². The van der Waals surface area contributed by atoms with E-state index in [0.717, 1.165) is 4.90 Å². The maximum absolute atomic E-state index is 12.5. The Bertz CT molecular complexity index is 221. The SMILES string of the molecule is CCOCCN(C)C(CC(=O)O)C(F)(F)F. The van der Waals surface area contributed by atoms with Gasteiger partial charge in [-0.1, -0.05) is 0 Å². The van der Waals surface area contributed by atoms with Gasteiger partial charge in [0.05, 0.1) is 13.0 Å². The van der Waals surface area contributed by atoms with Crippen LogP contribution in [0.25, 0.3) is 0 Å². The number of carboxylic acid groups (broad SMARTS) is 1. The summed E-state index contributed by atoms with van der Waals surface area (Å²) in [7, 11) is 1.24. The van der Waals surface area contributed by atoms with E-state index >= 15 is 0 Å². The summed E-state index contributed by atoms with van der Waals surface area (Å²) in [5, 5.41) is 8.41. The highest BCUT2D eigenvalue weighted by Gasteiger charge is 2.43. The van der Waals surface area contributed by atoms with Gasteiger partial charge in [-0.2, -0.15) is 13.2 Å². The van der Waals surface area contributed by atoms with Crippen molar-refractivity contribution in [3.63, 3.8) is 0 Å². The predicted octanol–water partition coefficient (Wildman–Crippen LogP) is 1.36.